The minimum atomic E-state index is -0.823. The topological polar surface area (TPSA) is 47.6 Å². The van der Waals surface area contributed by atoms with Crippen molar-refractivity contribution in [3.05, 3.63) is 36.4 Å². The first-order valence-corrected chi connectivity index (χ1v) is 10.6. The van der Waals surface area contributed by atoms with Gasteiger partial charge in [-0.05, 0) is 45.7 Å². The van der Waals surface area contributed by atoms with Crippen molar-refractivity contribution in [2.75, 3.05) is 11.9 Å². The molecule has 0 aliphatic rings. The summed E-state index contributed by atoms with van der Waals surface area (Å²) in [5, 5.41) is 5.09. The maximum absolute atomic E-state index is 13.1. The van der Waals surface area contributed by atoms with Gasteiger partial charge in [0.2, 0.25) is 0 Å². The first-order valence-electron chi connectivity index (χ1n) is 10.6. The van der Waals surface area contributed by atoms with Crippen molar-refractivity contribution in [1.82, 2.24) is 0 Å². The van der Waals surface area contributed by atoms with Gasteiger partial charge in [-0.15, -0.1) is 0 Å². The molecule has 2 rings (SSSR count). The summed E-state index contributed by atoms with van der Waals surface area (Å²) in [5.74, 6) is 0.754. The third-order valence-corrected chi connectivity index (χ3v) is 5.24. The molecule has 0 spiro atoms. The van der Waals surface area contributed by atoms with Crippen molar-refractivity contribution < 1.29 is 14.3 Å². The molecule has 0 unspecified atom stereocenters. The minimum absolute atomic E-state index is 0.0915. The molecule has 2 aromatic carbocycles. The Morgan fingerprint density at radius 3 is 2.43 bits per heavy atom. The Hall–Kier alpha value is -2.07. The standard InChI is InChI=1S/C24H35NO3/c1-6-9-12-17-24(5,27-8-3)23(26)25-21-15-16-22(28-18(4)7-2)20-14-11-10-13-19(20)21/h10-11,13-16,18H,6-9,12,17H2,1-5H3,(H,25,26)/t18-,24-/m0/s1. The number of ether oxygens (including phenoxy) is 2. The predicted octanol–water partition coefficient (Wildman–Crippen LogP) is 6.33. The van der Waals surface area contributed by atoms with Crippen LogP contribution in [-0.2, 0) is 9.53 Å². The zero-order valence-corrected chi connectivity index (χ0v) is 18.0. The molecular formula is C24H35NO3. The minimum Gasteiger partial charge on any atom is -0.490 e. The number of nitrogens with one attached hydrogen (secondary N) is 1. The van der Waals surface area contributed by atoms with Crippen LogP contribution in [0.15, 0.2) is 36.4 Å². The number of carbonyl (C=O) groups excluding carboxylic acids is 1. The Labute approximate surface area is 169 Å². The third-order valence-electron chi connectivity index (χ3n) is 5.24. The fourth-order valence-electron chi connectivity index (χ4n) is 3.32. The lowest BCUT2D eigenvalue weighted by Crippen LogP contribution is -2.42. The Morgan fingerprint density at radius 2 is 1.79 bits per heavy atom. The Balaban J connectivity index is 2.29. The molecule has 0 aromatic heterocycles. The second-order valence-corrected chi connectivity index (χ2v) is 7.57. The molecule has 0 aliphatic heterocycles. The lowest BCUT2D eigenvalue weighted by atomic mass is 9.96. The van der Waals surface area contributed by atoms with Crippen LogP contribution in [-0.4, -0.2) is 24.2 Å². The van der Waals surface area contributed by atoms with Crippen LogP contribution < -0.4 is 10.1 Å². The summed E-state index contributed by atoms with van der Waals surface area (Å²) in [5.41, 5.74) is -0.0322. The lowest BCUT2D eigenvalue weighted by Gasteiger charge is -2.28. The number of amides is 1. The number of carbonyl (C=O) groups is 1. The molecule has 0 saturated heterocycles. The van der Waals surface area contributed by atoms with Crippen LogP contribution in [0.5, 0.6) is 5.75 Å². The lowest BCUT2D eigenvalue weighted by molar-refractivity contribution is -0.139. The summed E-state index contributed by atoms with van der Waals surface area (Å²) in [6.45, 7) is 10.7. The number of rotatable bonds is 11. The van der Waals surface area contributed by atoms with E-state index in [1.165, 1.54) is 0 Å². The third kappa shape index (κ3) is 5.48. The van der Waals surface area contributed by atoms with Crippen LogP contribution in [0.25, 0.3) is 10.8 Å². The van der Waals surface area contributed by atoms with Gasteiger partial charge in [0.1, 0.15) is 11.4 Å². The van der Waals surface area contributed by atoms with Crippen LogP contribution in [0.4, 0.5) is 5.69 Å². The van der Waals surface area contributed by atoms with Crippen molar-refractivity contribution in [2.45, 2.75) is 78.4 Å². The van der Waals surface area contributed by atoms with E-state index in [0.29, 0.717) is 13.0 Å². The van der Waals surface area contributed by atoms with Crippen molar-refractivity contribution in [1.29, 1.82) is 0 Å². The van der Waals surface area contributed by atoms with E-state index in [1.807, 2.05) is 50.2 Å². The summed E-state index contributed by atoms with van der Waals surface area (Å²) in [7, 11) is 0. The molecule has 2 atom stereocenters. The van der Waals surface area contributed by atoms with E-state index >= 15 is 0 Å². The fraction of sp³-hybridized carbons (Fsp3) is 0.542. The van der Waals surface area contributed by atoms with Crippen LogP contribution in [0.3, 0.4) is 0 Å². The van der Waals surface area contributed by atoms with Crippen molar-refractivity contribution in [2.24, 2.45) is 0 Å². The molecule has 1 N–H and O–H groups in total. The zero-order valence-electron chi connectivity index (χ0n) is 18.0. The van der Waals surface area contributed by atoms with Gasteiger partial charge in [-0.25, -0.2) is 0 Å². The van der Waals surface area contributed by atoms with E-state index in [2.05, 4.69) is 26.1 Å². The van der Waals surface area contributed by atoms with E-state index < -0.39 is 5.60 Å². The average molecular weight is 386 g/mol. The molecule has 0 aliphatic carbocycles. The largest absolute Gasteiger partial charge is 0.490 e. The van der Waals surface area contributed by atoms with Gasteiger partial charge in [-0.2, -0.15) is 0 Å². The first kappa shape index (κ1) is 22.2. The first-order chi connectivity index (χ1) is 13.4. The molecule has 154 valence electrons. The van der Waals surface area contributed by atoms with Gasteiger partial charge < -0.3 is 14.8 Å². The van der Waals surface area contributed by atoms with Crippen LogP contribution in [0, 0.1) is 0 Å². The zero-order chi connectivity index (χ0) is 20.6. The molecule has 4 nitrogen and oxygen atoms in total. The summed E-state index contributed by atoms with van der Waals surface area (Å²) in [6, 6.07) is 11.9. The van der Waals surface area contributed by atoms with Gasteiger partial charge in [0.05, 0.1) is 6.10 Å². The Kier molecular flexibility index (Phi) is 8.31. The molecule has 0 fully saturated rings. The highest BCUT2D eigenvalue weighted by Gasteiger charge is 2.33. The highest BCUT2D eigenvalue weighted by molar-refractivity contribution is 6.06. The van der Waals surface area contributed by atoms with E-state index in [1.54, 1.807) is 0 Å². The quantitative estimate of drug-likeness (QED) is 0.460. The van der Waals surface area contributed by atoms with Gasteiger partial charge in [-0.1, -0.05) is 57.4 Å². The van der Waals surface area contributed by atoms with Gasteiger partial charge >= 0.3 is 0 Å². The van der Waals surface area contributed by atoms with Gasteiger partial charge in [0, 0.05) is 23.1 Å². The summed E-state index contributed by atoms with van der Waals surface area (Å²) >= 11 is 0. The molecule has 0 bridgehead atoms. The highest BCUT2D eigenvalue weighted by Crippen LogP contribution is 2.33. The fourth-order valence-corrected chi connectivity index (χ4v) is 3.32. The van der Waals surface area contributed by atoms with Crippen molar-refractivity contribution in [3.63, 3.8) is 0 Å². The predicted molar refractivity (Wildman–Crippen MR) is 117 cm³/mol. The number of hydrogen-bond acceptors (Lipinski definition) is 3. The molecule has 1 amide bonds. The monoisotopic (exact) mass is 385 g/mol. The number of hydrogen-bond donors (Lipinski definition) is 1. The Morgan fingerprint density at radius 1 is 1.07 bits per heavy atom. The van der Waals surface area contributed by atoms with Gasteiger partial charge in [0.15, 0.2) is 0 Å². The van der Waals surface area contributed by atoms with Crippen LogP contribution in [0.1, 0.15) is 66.7 Å². The Bertz CT molecular complexity index is 774. The highest BCUT2D eigenvalue weighted by atomic mass is 16.5. The summed E-state index contributed by atoms with van der Waals surface area (Å²) in [4.78, 5) is 13.1. The van der Waals surface area contributed by atoms with Gasteiger partial charge in [-0.3, -0.25) is 4.79 Å². The number of anilines is 1. The van der Waals surface area contributed by atoms with E-state index in [4.69, 9.17) is 9.47 Å². The molecular weight excluding hydrogens is 350 g/mol. The van der Waals surface area contributed by atoms with Crippen LogP contribution >= 0.6 is 0 Å². The second-order valence-electron chi connectivity index (χ2n) is 7.57. The molecule has 4 heteroatoms. The normalized spacial score (nSPS) is 14.5. The van der Waals surface area contributed by atoms with E-state index in [9.17, 15) is 4.79 Å². The average Bonchev–Trinajstić information content (AvgIpc) is 2.70. The van der Waals surface area contributed by atoms with E-state index in [-0.39, 0.29) is 12.0 Å². The molecule has 2 aromatic rings. The molecule has 28 heavy (non-hydrogen) atoms. The van der Waals surface area contributed by atoms with E-state index in [0.717, 1.165) is 47.9 Å². The number of benzene rings is 2. The summed E-state index contributed by atoms with van der Waals surface area (Å²) in [6.07, 6.45) is 4.99. The van der Waals surface area contributed by atoms with Crippen LogP contribution in [0.2, 0.25) is 0 Å². The number of fused-ring (bicyclic) bond motifs is 1. The maximum atomic E-state index is 13.1. The smallest absolute Gasteiger partial charge is 0.256 e. The second kappa shape index (κ2) is 10.5. The van der Waals surface area contributed by atoms with Crippen molar-refractivity contribution >= 4 is 22.4 Å². The SMILES string of the molecule is CCCCC[C@](C)(OCC)C(=O)Nc1ccc(O[C@@H](C)CC)c2ccccc12. The maximum Gasteiger partial charge on any atom is 0.256 e. The molecule has 0 saturated carbocycles. The van der Waals surface area contributed by atoms with Crippen molar-refractivity contribution in [3.8, 4) is 5.75 Å². The summed E-state index contributed by atoms with van der Waals surface area (Å²) < 4.78 is 11.9. The molecule has 0 radical (unpaired) electrons. The molecule has 0 heterocycles. The number of unbranched alkanes of at least 4 members (excludes halogenated alkanes) is 2. The van der Waals surface area contributed by atoms with Gasteiger partial charge in [0.25, 0.3) is 5.91 Å².